The molecule has 4 nitrogen and oxygen atoms in total. The second kappa shape index (κ2) is 5.88. The third-order valence-corrected chi connectivity index (χ3v) is 4.17. The van der Waals surface area contributed by atoms with Gasteiger partial charge in [-0.25, -0.2) is 0 Å². The summed E-state index contributed by atoms with van der Waals surface area (Å²) < 4.78 is 0.710. The SMILES string of the molecule is O=C(NC1CCCCC1O)c1ccc(I)c(O)c1. The van der Waals surface area contributed by atoms with Crippen molar-refractivity contribution in [3.8, 4) is 5.75 Å². The predicted molar refractivity (Wildman–Crippen MR) is 76.6 cm³/mol. The van der Waals surface area contributed by atoms with Crippen molar-refractivity contribution in [2.24, 2.45) is 0 Å². The first-order valence-corrected chi connectivity index (χ1v) is 7.13. The zero-order valence-electron chi connectivity index (χ0n) is 9.90. The number of carbonyl (C=O) groups excluding carboxylic acids is 1. The number of benzene rings is 1. The maximum Gasteiger partial charge on any atom is 0.251 e. The van der Waals surface area contributed by atoms with E-state index in [2.05, 4.69) is 5.32 Å². The van der Waals surface area contributed by atoms with Crippen LogP contribution in [0.5, 0.6) is 5.75 Å². The lowest BCUT2D eigenvalue weighted by molar-refractivity contribution is 0.0717. The summed E-state index contributed by atoms with van der Waals surface area (Å²) in [5.74, 6) is -0.139. The third-order valence-electron chi connectivity index (χ3n) is 3.25. The molecule has 0 bridgehead atoms. The molecule has 1 saturated carbocycles. The van der Waals surface area contributed by atoms with Crippen molar-refractivity contribution in [2.75, 3.05) is 0 Å². The van der Waals surface area contributed by atoms with Crippen LogP contribution in [-0.2, 0) is 0 Å². The van der Waals surface area contributed by atoms with Gasteiger partial charge < -0.3 is 15.5 Å². The number of phenols is 1. The highest BCUT2D eigenvalue weighted by Gasteiger charge is 2.24. The number of rotatable bonds is 2. The van der Waals surface area contributed by atoms with Crippen molar-refractivity contribution in [1.82, 2.24) is 5.32 Å². The third kappa shape index (κ3) is 3.14. The number of halogens is 1. The second-order valence-corrected chi connectivity index (χ2v) is 5.76. The molecule has 0 spiro atoms. The van der Waals surface area contributed by atoms with Crippen molar-refractivity contribution < 1.29 is 15.0 Å². The molecule has 1 amide bonds. The largest absolute Gasteiger partial charge is 0.507 e. The quantitative estimate of drug-likeness (QED) is 0.706. The number of hydrogen-bond acceptors (Lipinski definition) is 3. The van der Waals surface area contributed by atoms with Crippen LogP contribution in [0.3, 0.4) is 0 Å². The molecule has 1 aliphatic rings. The Morgan fingerprint density at radius 2 is 2.06 bits per heavy atom. The number of carbonyl (C=O) groups is 1. The first kappa shape index (κ1) is 13.6. The maximum atomic E-state index is 12.0. The monoisotopic (exact) mass is 361 g/mol. The van der Waals surface area contributed by atoms with E-state index in [1.807, 2.05) is 22.6 Å². The van der Waals surface area contributed by atoms with E-state index in [0.717, 1.165) is 25.7 Å². The molecular formula is C13H16INO3. The smallest absolute Gasteiger partial charge is 0.251 e. The van der Waals surface area contributed by atoms with Crippen LogP contribution in [-0.4, -0.2) is 28.3 Å². The lowest BCUT2D eigenvalue weighted by Crippen LogP contribution is -2.45. The molecule has 98 valence electrons. The number of hydrogen-bond donors (Lipinski definition) is 3. The van der Waals surface area contributed by atoms with Crippen LogP contribution in [0.1, 0.15) is 36.0 Å². The normalized spacial score (nSPS) is 23.7. The molecule has 1 aromatic rings. The first-order chi connectivity index (χ1) is 8.58. The number of aromatic hydroxyl groups is 1. The molecule has 2 rings (SSSR count). The Balaban J connectivity index is 2.04. The van der Waals surface area contributed by atoms with E-state index in [0.29, 0.717) is 9.13 Å². The first-order valence-electron chi connectivity index (χ1n) is 6.05. The van der Waals surface area contributed by atoms with E-state index in [9.17, 15) is 15.0 Å². The Bertz CT molecular complexity index is 450. The lowest BCUT2D eigenvalue weighted by Gasteiger charge is -2.28. The molecule has 0 heterocycles. The summed E-state index contributed by atoms with van der Waals surface area (Å²) in [6.45, 7) is 0. The molecule has 1 aliphatic carbocycles. The van der Waals surface area contributed by atoms with Gasteiger partial charge in [0.2, 0.25) is 0 Å². The van der Waals surface area contributed by atoms with Crippen LogP contribution in [0, 0.1) is 3.57 Å². The van der Waals surface area contributed by atoms with Gasteiger partial charge in [-0.05, 0) is 53.6 Å². The predicted octanol–water partition coefficient (Wildman–Crippen LogP) is 2.03. The Morgan fingerprint density at radius 1 is 1.33 bits per heavy atom. The summed E-state index contributed by atoms with van der Waals surface area (Å²) >= 11 is 2.00. The van der Waals surface area contributed by atoms with E-state index >= 15 is 0 Å². The van der Waals surface area contributed by atoms with Gasteiger partial charge in [0.05, 0.1) is 15.7 Å². The van der Waals surface area contributed by atoms with Crippen molar-refractivity contribution in [3.05, 3.63) is 27.3 Å². The fraction of sp³-hybridized carbons (Fsp3) is 0.462. The second-order valence-electron chi connectivity index (χ2n) is 4.60. The summed E-state index contributed by atoms with van der Waals surface area (Å²) in [5, 5.41) is 22.2. The minimum absolute atomic E-state index is 0.104. The molecule has 0 aromatic heterocycles. The molecule has 18 heavy (non-hydrogen) atoms. The Morgan fingerprint density at radius 3 is 2.72 bits per heavy atom. The summed E-state index contributed by atoms with van der Waals surface area (Å²) in [6, 6.07) is 4.65. The van der Waals surface area contributed by atoms with Crippen LogP contribution < -0.4 is 5.32 Å². The topological polar surface area (TPSA) is 69.6 Å². The van der Waals surface area contributed by atoms with E-state index in [4.69, 9.17) is 0 Å². The summed E-state index contributed by atoms with van der Waals surface area (Å²) in [7, 11) is 0. The zero-order valence-corrected chi connectivity index (χ0v) is 12.1. The van der Waals surface area contributed by atoms with Gasteiger partial charge in [0.25, 0.3) is 5.91 Å². The zero-order chi connectivity index (χ0) is 13.1. The van der Waals surface area contributed by atoms with Gasteiger partial charge in [-0.3, -0.25) is 4.79 Å². The van der Waals surface area contributed by atoms with Crippen molar-refractivity contribution in [1.29, 1.82) is 0 Å². The number of aliphatic hydroxyl groups is 1. The van der Waals surface area contributed by atoms with Gasteiger partial charge in [-0.15, -0.1) is 0 Å². The number of aliphatic hydroxyl groups excluding tert-OH is 1. The van der Waals surface area contributed by atoms with Gasteiger partial charge in [0.1, 0.15) is 5.75 Å². The molecule has 2 unspecified atom stereocenters. The summed E-state index contributed by atoms with van der Waals surface area (Å²) in [4.78, 5) is 12.0. The van der Waals surface area contributed by atoms with Gasteiger partial charge in [0.15, 0.2) is 0 Å². The molecule has 0 radical (unpaired) electrons. The van der Waals surface area contributed by atoms with Crippen LogP contribution in [0.15, 0.2) is 18.2 Å². The van der Waals surface area contributed by atoms with Crippen molar-refractivity contribution >= 4 is 28.5 Å². The number of amides is 1. The molecule has 1 aromatic carbocycles. The van der Waals surface area contributed by atoms with E-state index in [-0.39, 0.29) is 17.7 Å². The highest BCUT2D eigenvalue weighted by Crippen LogP contribution is 2.22. The van der Waals surface area contributed by atoms with Gasteiger partial charge >= 0.3 is 0 Å². The molecule has 1 fully saturated rings. The minimum atomic E-state index is -0.458. The van der Waals surface area contributed by atoms with Crippen LogP contribution in [0.2, 0.25) is 0 Å². The minimum Gasteiger partial charge on any atom is -0.507 e. The molecular weight excluding hydrogens is 345 g/mol. The maximum absolute atomic E-state index is 12.0. The van der Waals surface area contributed by atoms with Crippen molar-refractivity contribution in [3.63, 3.8) is 0 Å². The van der Waals surface area contributed by atoms with E-state index < -0.39 is 6.10 Å². The van der Waals surface area contributed by atoms with Crippen molar-refractivity contribution in [2.45, 2.75) is 37.8 Å². The van der Waals surface area contributed by atoms with Crippen LogP contribution in [0.25, 0.3) is 0 Å². The standard InChI is InChI=1S/C13H16INO3/c14-9-6-5-8(7-12(9)17)13(18)15-10-3-1-2-4-11(10)16/h5-7,10-11,16-17H,1-4H2,(H,15,18). The fourth-order valence-corrected chi connectivity index (χ4v) is 2.52. The average molecular weight is 361 g/mol. The molecule has 2 atom stereocenters. The molecule has 3 N–H and O–H groups in total. The Labute approximate surface area is 120 Å². The summed E-state index contributed by atoms with van der Waals surface area (Å²) in [5.41, 5.74) is 0.422. The Kier molecular flexibility index (Phi) is 4.45. The van der Waals surface area contributed by atoms with Gasteiger partial charge in [0, 0.05) is 5.56 Å². The molecule has 0 aliphatic heterocycles. The Hall–Kier alpha value is -0.820. The number of phenolic OH excluding ortho intramolecular Hbond substituents is 1. The van der Waals surface area contributed by atoms with Gasteiger partial charge in [-0.2, -0.15) is 0 Å². The summed E-state index contributed by atoms with van der Waals surface area (Å²) in [6.07, 6.45) is 3.13. The highest BCUT2D eigenvalue weighted by molar-refractivity contribution is 14.1. The van der Waals surface area contributed by atoms with E-state index in [1.165, 1.54) is 6.07 Å². The number of nitrogens with one attached hydrogen (secondary N) is 1. The highest BCUT2D eigenvalue weighted by atomic mass is 127. The van der Waals surface area contributed by atoms with E-state index in [1.54, 1.807) is 12.1 Å². The van der Waals surface area contributed by atoms with Gasteiger partial charge in [-0.1, -0.05) is 12.8 Å². The van der Waals surface area contributed by atoms with Crippen LogP contribution >= 0.6 is 22.6 Å². The molecule has 5 heteroatoms. The van der Waals surface area contributed by atoms with Crippen LogP contribution in [0.4, 0.5) is 0 Å². The lowest BCUT2D eigenvalue weighted by atomic mass is 9.92. The molecule has 0 saturated heterocycles. The average Bonchev–Trinajstić information content (AvgIpc) is 2.35. The fourth-order valence-electron chi connectivity index (χ4n) is 2.19.